The lowest BCUT2D eigenvalue weighted by Gasteiger charge is -2.21. The van der Waals surface area contributed by atoms with E-state index in [4.69, 9.17) is 6.42 Å². The number of rotatable bonds is 3. The van der Waals surface area contributed by atoms with E-state index >= 15 is 0 Å². The molecule has 0 bridgehead atoms. The van der Waals surface area contributed by atoms with Crippen LogP contribution in [0.3, 0.4) is 0 Å². The predicted octanol–water partition coefficient (Wildman–Crippen LogP) is -0.162. The Morgan fingerprint density at radius 1 is 1.62 bits per heavy atom. The first-order chi connectivity index (χ1) is 7.48. The van der Waals surface area contributed by atoms with Crippen LogP contribution in [-0.4, -0.2) is 50.0 Å². The monoisotopic (exact) mass is 244 g/mol. The molecule has 90 valence electrons. The van der Waals surface area contributed by atoms with E-state index in [-0.39, 0.29) is 30.1 Å². The van der Waals surface area contributed by atoms with Gasteiger partial charge in [-0.1, -0.05) is 5.92 Å². The van der Waals surface area contributed by atoms with Crippen molar-refractivity contribution in [3.63, 3.8) is 0 Å². The molecule has 0 aromatic heterocycles. The molecule has 0 radical (unpaired) electrons. The molecule has 6 heteroatoms. The van der Waals surface area contributed by atoms with Crippen molar-refractivity contribution in [1.82, 2.24) is 10.2 Å². The highest BCUT2D eigenvalue weighted by molar-refractivity contribution is 7.91. The van der Waals surface area contributed by atoms with Gasteiger partial charge in [0.1, 0.15) is 0 Å². The van der Waals surface area contributed by atoms with E-state index in [9.17, 15) is 13.2 Å². The molecule has 1 fully saturated rings. The molecule has 1 aliphatic rings. The summed E-state index contributed by atoms with van der Waals surface area (Å²) in [6.45, 7) is 2.57. The van der Waals surface area contributed by atoms with Gasteiger partial charge in [0.05, 0.1) is 18.1 Å². The van der Waals surface area contributed by atoms with E-state index in [0.717, 1.165) is 0 Å². The van der Waals surface area contributed by atoms with Crippen LogP contribution in [0.5, 0.6) is 0 Å². The smallest absolute Gasteiger partial charge is 0.318 e. The molecule has 0 aliphatic carbocycles. The highest BCUT2D eigenvalue weighted by Gasteiger charge is 2.29. The minimum Gasteiger partial charge on any atom is -0.334 e. The molecule has 16 heavy (non-hydrogen) atoms. The standard InChI is InChI=1S/C10H16N2O3S/c1-3-6-12(4-2)10(13)11-9-5-7-16(14,15)8-9/h1,9H,4-8H2,2H3,(H,11,13). The molecule has 0 spiro atoms. The van der Waals surface area contributed by atoms with Crippen LogP contribution in [0.25, 0.3) is 0 Å². The molecule has 1 heterocycles. The third kappa shape index (κ3) is 3.42. The third-order valence-corrected chi connectivity index (χ3v) is 4.28. The number of amides is 2. The average Bonchev–Trinajstić information content (AvgIpc) is 2.54. The highest BCUT2D eigenvalue weighted by Crippen LogP contribution is 2.11. The van der Waals surface area contributed by atoms with Gasteiger partial charge in [-0.25, -0.2) is 13.2 Å². The maximum Gasteiger partial charge on any atom is 0.318 e. The van der Waals surface area contributed by atoms with Crippen LogP contribution >= 0.6 is 0 Å². The van der Waals surface area contributed by atoms with Crippen LogP contribution < -0.4 is 5.32 Å². The van der Waals surface area contributed by atoms with Crippen LogP contribution in [0, 0.1) is 12.3 Å². The number of carbonyl (C=O) groups excluding carboxylic acids is 1. The summed E-state index contributed by atoms with van der Waals surface area (Å²) in [7, 11) is -2.96. The second-order valence-corrected chi connectivity index (χ2v) is 6.00. The van der Waals surface area contributed by atoms with Crippen molar-refractivity contribution in [1.29, 1.82) is 0 Å². The molecule has 1 atom stereocenters. The highest BCUT2D eigenvalue weighted by atomic mass is 32.2. The zero-order valence-electron chi connectivity index (χ0n) is 9.27. The number of nitrogens with one attached hydrogen (secondary N) is 1. The number of hydrogen-bond acceptors (Lipinski definition) is 3. The van der Waals surface area contributed by atoms with Gasteiger partial charge in [-0.15, -0.1) is 6.42 Å². The minimum atomic E-state index is -2.96. The Balaban J connectivity index is 2.49. The molecule has 0 aromatic carbocycles. The summed E-state index contributed by atoms with van der Waals surface area (Å²) in [5.74, 6) is 2.57. The number of sulfone groups is 1. The molecule has 5 nitrogen and oxygen atoms in total. The molecule has 1 saturated heterocycles. The quantitative estimate of drug-likeness (QED) is 0.701. The Hall–Kier alpha value is -1.22. The van der Waals surface area contributed by atoms with Gasteiger partial charge in [-0.05, 0) is 13.3 Å². The number of terminal acetylenes is 1. The van der Waals surface area contributed by atoms with E-state index < -0.39 is 9.84 Å². The number of urea groups is 1. The summed E-state index contributed by atoms with van der Waals surface area (Å²) in [6, 6.07) is -0.563. The Bertz CT molecular complexity index is 397. The van der Waals surface area contributed by atoms with Crippen LogP contribution in [0.2, 0.25) is 0 Å². The summed E-state index contributed by atoms with van der Waals surface area (Å²) in [6.07, 6.45) is 5.61. The largest absolute Gasteiger partial charge is 0.334 e. The SMILES string of the molecule is C#CCN(CC)C(=O)NC1CCS(=O)(=O)C1. The lowest BCUT2D eigenvalue weighted by atomic mass is 10.3. The van der Waals surface area contributed by atoms with Crippen LogP contribution in [0.1, 0.15) is 13.3 Å². The summed E-state index contributed by atoms with van der Waals surface area (Å²) in [5, 5.41) is 2.68. The second kappa shape index (κ2) is 5.21. The van der Waals surface area contributed by atoms with Gasteiger partial charge in [0, 0.05) is 12.6 Å². The Kier molecular flexibility index (Phi) is 4.19. The lowest BCUT2D eigenvalue weighted by molar-refractivity contribution is 0.203. The molecule has 1 aliphatic heterocycles. The van der Waals surface area contributed by atoms with Crippen molar-refractivity contribution < 1.29 is 13.2 Å². The van der Waals surface area contributed by atoms with Crippen LogP contribution in [0.4, 0.5) is 4.79 Å². The first-order valence-electron chi connectivity index (χ1n) is 5.18. The lowest BCUT2D eigenvalue weighted by Crippen LogP contribution is -2.45. The number of hydrogen-bond donors (Lipinski definition) is 1. The first kappa shape index (κ1) is 12.8. The fraction of sp³-hybridized carbons (Fsp3) is 0.700. The molecular weight excluding hydrogens is 228 g/mol. The fourth-order valence-electron chi connectivity index (χ4n) is 1.61. The first-order valence-corrected chi connectivity index (χ1v) is 7.00. The minimum absolute atomic E-state index is 0.0341. The van der Waals surface area contributed by atoms with Crippen molar-refractivity contribution >= 4 is 15.9 Å². The Morgan fingerprint density at radius 3 is 2.75 bits per heavy atom. The number of carbonyl (C=O) groups is 1. The maximum absolute atomic E-state index is 11.7. The van der Waals surface area contributed by atoms with E-state index in [0.29, 0.717) is 13.0 Å². The maximum atomic E-state index is 11.7. The van der Waals surface area contributed by atoms with Crippen LogP contribution in [0.15, 0.2) is 0 Å². The normalized spacial score (nSPS) is 22.4. The molecule has 1 rings (SSSR count). The van der Waals surface area contributed by atoms with E-state index in [1.165, 1.54) is 4.90 Å². The van der Waals surface area contributed by atoms with Crippen molar-refractivity contribution in [2.45, 2.75) is 19.4 Å². The zero-order chi connectivity index (χ0) is 12.2. The van der Waals surface area contributed by atoms with Gasteiger partial charge in [-0.2, -0.15) is 0 Å². The van der Waals surface area contributed by atoms with Gasteiger partial charge in [-0.3, -0.25) is 0 Å². The molecule has 0 saturated carbocycles. The Labute approximate surface area is 96.1 Å². The molecule has 1 N–H and O–H groups in total. The second-order valence-electron chi connectivity index (χ2n) is 3.77. The van der Waals surface area contributed by atoms with E-state index in [1.54, 1.807) is 0 Å². The van der Waals surface area contributed by atoms with Crippen molar-refractivity contribution in [3.05, 3.63) is 0 Å². The third-order valence-electron chi connectivity index (χ3n) is 2.51. The summed E-state index contributed by atoms with van der Waals surface area (Å²) in [4.78, 5) is 13.1. The fourth-order valence-corrected chi connectivity index (χ4v) is 3.29. The van der Waals surface area contributed by atoms with E-state index in [2.05, 4.69) is 11.2 Å². The Morgan fingerprint density at radius 2 is 2.31 bits per heavy atom. The topological polar surface area (TPSA) is 66.5 Å². The van der Waals surface area contributed by atoms with Gasteiger partial charge in [0.15, 0.2) is 9.84 Å². The van der Waals surface area contributed by atoms with Crippen LogP contribution in [-0.2, 0) is 9.84 Å². The number of nitrogens with zero attached hydrogens (tertiary/aromatic N) is 1. The van der Waals surface area contributed by atoms with Gasteiger partial charge in [0.25, 0.3) is 0 Å². The van der Waals surface area contributed by atoms with Crippen molar-refractivity contribution in [2.24, 2.45) is 0 Å². The average molecular weight is 244 g/mol. The molecule has 1 unspecified atom stereocenters. The van der Waals surface area contributed by atoms with Gasteiger partial charge < -0.3 is 10.2 Å². The molecular formula is C10H16N2O3S. The zero-order valence-corrected chi connectivity index (χ0v) is 10.1. The predicted molar refractivity (Wildman–Crippen MR) is 61.7 cm³/mol. The van der Waals surface area contributed by atoms with Crippen molar-refractivity contribution in [3.8, 4) is 12.3 Å². The van der Waals surface area contributed by atoms with E-state index in [1.807, 2.05) is 6.92 Å². The van der Waals surface area contributed by atoms with Crippen molar-refractivity contribution in [2.75, 3.05) is 24.6 Å². The van der Waals surface area contributed by atoms with Gasteiger partial charge >= 0.3 is 6.03 Å². The van der Waals surface area contributed by atoms with Gasteiger partial charge in [0.2, 0.25) is 0 Å². The molecule has 2 amide bonds. The summed E-state index contributed by atoms with van der Waals surface area (Å²) < 4.78 is 22.4. The summed E-state index contributed by atoms with van der Waals surface area (Å²) in [5.41, 5.74) is 0. The molecule has 0 aromatic rings. The summed E-state index contributed by atoms with van der Waals surface area (Å²) >= 11 is 0.